The number of ether oxygens (including phenoxy) is 1. The topological polar surface area (TPSA) is 111 Å². The van der Waals surface area contributed by atoms with Crippen LogP contribution in [0.3, 0.4) is 0 Å². The summed E-state index contributed by atoms with van der Waals surface area (Å²) in [6.07, 6.45) is 76.5. The van der Waals surface area contributed by atoms with Gasteiger partial charge in [0.2, 0.25) is 5.91 Å². The van der Waals surface area contributed by atoms with Crippen molar-refractivity contribution in [2.24, 2.45) is 0 Å². The second kappa shape index (κ2) is 59.9. The Bertz CT molecular complexity index is 1550. The molecule has 80 heavy (non-hydrogen) atoms. The van der Waals surface area contributed by atoms with Gasteiger partial charge in [0.15, 0.2) is 0 Å². The molecule has 0 aliphatic carbocycles. The van der Waals surface area contributed by atoms with E-state index in [0.717, 1.165) is 77.0 Å². The van der Waals surface area contributed by atoms with Crippen LogP contribution in [-0.4, -0.2) is 74.3 Å². The van der Waals surface area contributed by atoms with Gasteiger partial charge in [0.25, 0.3) is 0 Å². The van der Waals surface area contributed by atoms with Crippen molar-refractivity contribution in [1.29, 1.82) is 0 Å². The van der Waals surface area contributed by atoms with E-state index in [0.29, 0.717) is 17.4 Å². The highest BCUT2D eigenvalue weighted by atomic mass is 31.2. The van der Waals surface area contributed by atoms with Crippen molar-refractivity contribution in [3.8, 4) is 0 Å². The summed E-state index contributed by atoms with van der Waals surface area (Å²) in [7, 11) is 1.50. The minimum atomic E-state index is -4.45. The van der Waals surface area contributed by atoms with Crippen molar-refractivity contribution < 1.29 is 37.3 Å². The standard InChI is InChI=1S/C70H131N2O7P/c1-7-10-13-16-19-22-25-28-30-31-32-33-34-35-36-37-38-39-40-41-42-45-48-51-54-57-60-63-70(74)79-68(61-58-55-52-49-46-43-27-24-21-18-15-12-9-3)67(66-78-80(75,76)77-65-64-72(4,5)6)71-69(73)62-59-56-53-50-47-44-29-26-23-20-17-14-11-8-2/h19,22,28,30,32-33,35-36,58,61,67-68H,7-18,20-21,23-27,29,31,34,37-57,59-60,62-66H2,1-6H3,(H-,71,73,75,76)/p+1/b22-19-,30-28-,33-32-,36-35-,61-58-. The minimum absolute atomic E-state index is 0.0407. The first-order valence-electron chi connectivity index (χ1n) is 34.1. The largest absolute Gasteiger partial charge is 0.472 e. The average Bonchev–Trinajstić information content (AvgIpc) is 3.42. The van der Waals surface area contributed by atoms with E-state index in [2.05, 4.69) is 74.7 Å². The lowest BCUT2D eigenvalue weighted by Crippen LogP contribution is -2.47. The fourth-order valence-electron chi connectivity index (χ4n) is 9.93. The van der Waals surface area contributed by atoms with Gasteiger partial charge in [-0.2, -0.15) is 0 Å². The Labute approximate surface area is 496 Å². The molecule has 0 aliphatic heterocycles. The summed E-state index contributed by atoms with van der Waals surface area (Å²) in [5.41, 5.74) is 0. The first kappa shape index (κ1) is 77.7. The van der Waals surface area contributed by atoms with Gasteiger partial charge in [-0.05, 0) is 76.7 Å². The predicted molar refractivity (Wildman–Crippen MR) is 346 cm³/mol. The van der Waals surface area contributed by atoms with Crippen LogP contribution in [0, 0.1) is 0 Å². The summed E-state index contributed by atoms with van der Waals surface area (Å²) >= 11 is 0. The Morgan fingerprint density at radius 1 is 0.438 bits per heavy atom. The minimum Gasteiger partial charge on any atom is -0.456 e. The van der Waals surface area contributed by atoms with Crippen LogP contribution in [0.15, 0.2) is 60.8 Å². The predicted octanol–water partition coefficient (Wildman–Crippen LogP) is 21.4. The molecule has 0 spiro atoms. The molecule has 0 saturated carbocycles. The Morgan fingerprint density at radius 2 is 0.762 bits per heavy atom. The lowest BCUT2D eigenvalue weighted by molar-refractivity contribution is -0.870. The maximum Gasteiger partial charge on any atom is 0.472 e. The highest BCUT2D eigenvalue weighted by molar-refractivity contribution is 7.47. The number of hydrogen-bond donors (Lipinski definition) is 2. The number of rotatable bonds is 62. The Hall–Kier alpha value is -2.29. The molecule has 3 atom stereocenters. The van der Waals surface area contributed by atoms with Crippen molar-refractivity contribution in [2.75, 3.05) is 40.9 Å². The number of carbonyl (C=O) groups excluding carboxylic acids is 2. The normalized spacial score (nSPS) is 13.9. The molecule has 1 amide bonds. The van der Waals surface area contributed by atoms with Gasteiger partial charge in [0.05, 0.1) is 33.8 Å². The van der Waals surface area contributed by atoms with Gasteiger partial charge in [-0.1, -0.05) is 294 Å². The Kier molecular flexibility index (Phi) is 58.1. The number of phosphoric acid groups is 1. The van der Waals surface area contributed by atoms with Crippen molar-refractivity contribution in [1.82, 2.24) is 5.32 Å². The van der Waals surface area contributed by atoms with Crippen LogP contribution in [0.25, 0.3) is 0 Å². The zero-order valence-corrected chi connectivity index (χ0v) is 54.5. The number of allylic oxidation sites excluding steroid dienone is 9. The molecule has 9 nitrogen and oxygen atoms in total. The molecule has 0 aliphatic rings. The van der Waals surface area contributed by atoms with Crippen LogP contribution in [0.4, 0.5) is 0 Å². The maximum atomic E-state index is 13.6. The summed E-state index contributed by atoms with van der Waals surface area (Å²) in [6.45, 7) is 7.02. The quantitative estimate of drug-likeness (QED) is 0.0205. The van der Waals surface area contributed by atoms with Gasteiger partial charge in [-0.15, -0.1) is 0 Å². The fourth-order valence-corrected chi connectivity index (χ4v) is 10.7. The summed E-state index contributed by atoms with van der Waals surface area (Å²) in [5, 5.41) is 3.07. The number of nitrogens with zero attached hydrogens (tertiary/aromatic N) is 1. The molecule has 0 aromatic rings. The Balaban J connectivity index is 5.07. The Morgan fingerprint density at radius 3 is 1.16 bits per heavy atom. The summed E-state index contributed by atoms with van der Waals surface area (Å²) in [6, 6.07) is -0.848. The molecule has 0 radical (unpaired) electrons. The lowest BCUT2D eigenvalue weighted by atomic mass is 10.0. The van der Waals surface area contributed by atoms with Crippen LogP contribution in [0.2, 0.25) is 0 Å². The highest BCUT2D eigenvalue weighted by Crippen LogP contribution is 2.43. The van der Waals surface area contributed by atoms with Crippen molar-refractivity contribution in [3.05, 3.63) is 60.8 Å². The third-order valence-corrected chi connectivity index (χ3v) is 16.2. The van der Waals surface area contributed by atoms with E-state index in [9.17, 15) is 19.0 Å². The first-order chi connectivity index (χ1) is 38.9. The molecule has 0 aromatic carbocycles. The van der Waals surface area contributed by atoms with Gasteiger partial charge in [-0.25, -0.2) is 4.57 Å². The van der Waals surface area contributed by atoms with Crippen molar-refractivity contribution >= 4 is 19.7 Å². The second-order valence-corrected chi connectivity index (χ2v) is 25.8. The van der Waals surface area contributed by atoms with E-state index in [4.69, 9.17) is 13.8 Å². The molecule has 0 saturated heterocycles. The second-order valence-electron chi connectivity index (χ2n) is 24.4. The zero-order valence-electron chi connectivity index (χ0n) is 53.6. The molecule has 0 bridgehead atoms. The number of amides is 1. The monoisotopic (exact) mass is 1140 g/mol. The molecule has 10 heteroatoms. The van der Waals surface area contributed by atoms with Gasteiger partial charge in [0.1, 0.15) is 19.3 Å². The van der Waals surface area contributed by atoms with E-state index in [1.165, 1.54) is 212 Å². The highest BCUT2D eigenvalue weighted by Gasteiger charge is 2.30. The fraction of sp³-hybridized carbons (Fsp3) is 0.829. The van der Waals surface area contributed by atoms with Gasteiger partial charge < -0.3 is 19.4 Å². The summed E-state index contributed by atoms with van der Waals surface area (Å²) < 4.78 is 30.8. The van der Waals surface area contributed by atoms with E-state index in [-0.39, 0.29) is 31.5 Å². The number of phosphoric ester groups is 1. The van der Waals surface area contributed by atoms with Gasteiger partial charge in [0, 0.05) is 12.8 Å². The molecule has 0 aromatic heterocycles. The number of quaternary nitrogens is 1. The molecular weight excluding hydrogens is 1010 g/mol. The summed E-state index contributed by atoms with van der Waals surface area (Å²) in [4.78, 5) is 37.8. The molecule has 0 rings (SSSR count). The third-order valence-electron chi connectivity index (χ3n) is 15.2. The van der Waals surface area contributed by atoms with E-state index < -0.39 is 20.0 Å². The maximum absolute atomic E-state index is 13.6. The smallest absolute Gasteiger partial charge is 0.456 e. The van der Waals surface area contributed by atoms with E-state index >= 15 is 0 Å². The number of nitrogens with one attached hydrogen (secondary N) is 1. The SMILES string of the molecule is CCCCC/C=C\C/C=C\C/C=C\C/C=C\CCCCCCCCCCCCCC(=O)OC(/C=C\CCCCCCCCCCCCC)C(COP(=O)(O)OCC[N+](C)(C)C)NC(=O)CCCCCCCCCCCCCCCC. The van der Waals surface area contributed by atoms with Crippen LogP contribution in [0.5, 0.6) is 0 Å². The van der Waals surface area contributed by atoms with Crippen LogP contribution < -0.4 is 5.32 Å². The number of likely N-dealkylation sites (N-methyl/N-ethyl adjacent to an activating group) is 1. The number of unbranched alkanes of at least 4 members (excludes halogenated alkanes) is 38. The average molecular weight is 1140 g/mol. The van der Waals surface area contributed by atoms with Crippen LogP contribution in [-0.2, 0) is 27.9 Å². The van der Waals surface area contributed by atoms with Crippen LogP contribution >= 0.6 is 7.82 Å². The summed E-state index contributed by atoms with van der Waals surface area (Å²) in [5.74, 6) is -0.496. The molecule has 0 fully saturated rings. The molecule has 2 N–H and O–H groups in total. The number of carbonyl (C=O) groups is 2. The molecule has 468 valence electrons. The third kappa shape index (κ3) is 60.3. The van der Waals surface area contributed by atoms with Crippen molar-refractivity contribution in [3.63, 3.8) is 0 Å². The van der Waals surface area contributed by atoms with E-state index in [1.54, 1.807) is 0 Å². The number of esters is 1. The van der Waals surface area contributed by atoms with Gasteiger partial charge >= 0.3 is 13.8 Å². The zero-order chi connectivity index (χ0) is 58.6. The van der Waals surface area contributed by atoms with Crippen molar-refractivity contribution in [2.45, 2.75) is 335 Å². The van der Waals surface area contributed by atoms with Gasteiger partial charge in [-0.3, -0.25) is 18.6 Å². The molecular formula is C70H132N2O7P+. The number of hydrogen-bond acceptors (Lipinski definition) is 6. The van der Waals surface area contributed by atoms with E-state index in [1.807, 2.05) is 33.3 Å². The molecule has 3 unspecified atom stereocenters. The van der Waals surface area contributed by atoms with Crippen LogP contribution in [0.1, 0.15) is 323 Å². The molecule has 0 heterocycles. The first-order valence-corrected chi connectivity index (χ1v) is 35.6. The lowest BCUT2D eigenvalue weighted by Gasteiger charge is -2.27.